The van der Waals surface area contributed by atoms with E-state index in [1.54, 1.807) is 26.0 Å². The minimum absolute atomic E-state index is 0.125. The predicted molar refractivity (Wildman–Crippen MR) is 120 cm³/mol. The standard InChI is InChI=1S/C23H29N3O6/c1-14-19(23(29)32-12-11-30-3)15(2)24-20(14)21(27)25-17-13-16(22(28)31-4)7-8-18(17)26-9-5-6-10-26/h7-8,13,24H,5-6,9-12H2,1-4H3,(H,25,27). The van der Waals surface area contributed by atoms with Crippen LogP contribution in [-0.4, -0.2) is 63.4 Å². The molecular formula is C23H29N3O6. The summed E-state index contributed by atoms with van der Waals surface area (Å²) in [5.41, 5.74) is 3.31. The molecule has 0 spiro atoms. The topological polar surface area (TPSA) is 110 Å². The SMILES string of the molecule is COCCOC(=O)c1c(C)[nH]c(C(=O)Nc2cc(C(=O)OC)ccc2N2CCCC2)c1C. The number of nitrogens with zero attached hydrogens (tertiary/aromatic N) is 1. The Kier molecular flexibility index (Phi) is 7.53. The largest absolute Gasteiger partial charge is 0.465 e. The fourth-order valence-corrected chi connectivity index (χ4v) is 3.87. The van der Waals surface area contributed by atoms with E-state index in [9.17, 15) is 14.4 Å². The lowest BCUT2D eigenvalue weighted by Crippen LogP contribution is -2.22. The van der Waals surface area contributed by atoms with Crippen molar-refractivity contribution in [3.8, 4) is 0 Å². The van der Waals surface area contributed by atoms with Gasteiger partial charge in [-0.3, -0.25) is 4.79 Å². The fraction of sp³-hybridized carbons (Fsp3) is 0.435. The van der Waals surface area contributed by atoms with Crippen LogP contribution in [0.25, 0.3) is 0 Å². The molecule has 1 aromatic carbocycles. The van der Waals surface area contributed by atoms with Crippen molar-refractivity contribution in [3.63, 3.8) is 0 Å². The van der Waals surface area contributed by atoms with E-state index >= 15 is 0 Å². The second-order valence-electron chi connectivity index (χ2n) is 7.63. The number of nitrogens with one attached hydrogen (secondary N) is 2. The first-order chi connectivity index (χ1) is 15.4. The van der Waals surface area contributed by atoms with Crippen LogP contribution in [0, 0.1) is 13.8 Å². The van der Waals surface area contributed by atoms with Gasteiger partial charge in [-0.25, -0.2) is 9.59 Å². The summed E-state index contributed by atoms with van der Waals surface area (Å²) in [6, 6.07) is 5.12. The van der Waals surface area contributed by atoms with E-state index in [1.165, 1.54) is 14.2 Å². The lowest BCUT2D eigenvalue weighted by molar-refractivity contribution is 0.0386. The molecule has 1 aliphatic rings. The number of esters is 2. The van der Waals surface area contributed by atoms with Gasteiger partial charge in [0.2, 0.25) is 0 Å². The number of carbonyl (C=O) groups excluding carboxylic acids is 3. The van der Waals surface area contributed by atoms with E-state index in [4.69, 9.17) is 14.2 Å². The number of aromatic amines is 1. The van der Waals surface area contributed by atoms with Crippen molar-refractivity contribution in [2.24, 2.45) is 0 Å². The Balaban J connectivity index is 1.88. The molecule has 9 heteroatoms. The number of hydrogen-bond donors (Lipinski definition) is 2. The molecule has 0 unspecified atom stereocenters. The molecule has 2 heterocycles. The van der Waals surface area contributed by atoms with E-state index in [0.29, 0.717) is 28.1 Å². The van der Waals surface area contributed by atoms with Gasteiger partial charge >= 0.3 is 11.9 Å². The zero-order valence-corrected chi connectivity index (χ0v) is 18.9. The van der Waals surface area contributed by atoms with Crippen molar-refractivity contribution in [2.45, 2.75) is 26.7 Å². The van der Waals surface area contributed by atoms with Gasteiger partial charge in [0.05, 0.1) is 36.2 Å². The fourth-order valence-electron chi connectivity index (χ4n) is 3.87. The summed E-state index contributed by atoms with van der Waals surface area (Å²) in [4.78, 5) is 42.8. The number of rotatable bonds is 8. The second-order valence-corrected chi connectivity index (χ2v) is 7.63. The number of carbonyl (C=O) groups is 3. The van der Waals surface area contributed by atoms with Gasteiger partial charge in [-0.1, -0.05) is 0 Å². The predicted octanol–water partition coefficient (Wildman–Crippen LogP) is 3.07. The molecule has 1 amide bonds. The molecule has 32 heavy (non-hydrogen) atoms. The third-order valence-corrected chi connectivity index (χ3v) is 5.50. The summed E-state index contributed by atoms with van der Waals surface area (Å²) in [5.74, 6) is -1.41. The number of aromatic nitrogens is 1. The molecule has 0 aliphatic carbocycles. The summed E-state index contributed by atoms with van der Waals surface area (Å²) >= 11 is 0. The zero-order valence-electron chi connectivity index (χ0n) is 18.9. The number of aryl methyl sites for hydroxylation is 1. The maximum absolute atomic E-state index is 13.2. The Bertz CT molecular complexity index is 1010. The molecule has 0 radical (unpaired) electrons. The zero-order chi connectivity index (χ0) is 23.3. The van der Waals surface area contributed by atoms with Crippen molar-refractivity contribution < 1.29 is 28.6 Å². The highest BCUT2D eigenvalue weighted by atomic mass is 16.6. The molecular weight excluding hydrogens is 414 g/mol. The third kappa shape index (κ3) is 4.94. The summed E-state index contributed by atoms with van der Waals surface area (Å²) in [6.45, 7) is 5.57. The van der Waals surface area contributed by atoms with Crippen molar-refractivity contribution in [1.82, 2.24) is 4.98 Å². The number of methoxy groups -OCH3 is 2. The van der Waals surface area contributed by atoms with Crippen LogP contribution in [0.1, 0.15) is 55.3 Å². The highest BCUT2D eigenvalue weighted by molar-refractivity contribution is 6.08. The first-order valence-corrected chi connectivity index (χ1v) is 10.5. The molecule has 0 saturated carbocycles. The molecule has 172 valence electrons. The van der Waals surface area contributed by atoms with Gasteiger partial charge < -0.3 is 29.4 Å². The Morgan fingerprint density at radius 2 is 1.78 bits per heavy atom. The average Bonchev–Trinajstić information content (AvgIpc) is 3.41. The molecule has 2 aromatic rings. The van der Waals surface area contributed by atoms with Crippen LogP contribution in [0.2, 0.25) is 0 Å². The maximum Gasteiger partial charge on any atom is 0.340 e. The van der Waals surface area contributed by atoms with Crippen LogP contribution in [0.5, 0.6) is 0 Å². The Labute approximate surface area is 187 Å². The van der Waals surface area contributed by atoms with Crippen LogP contribution in [0.3, 0.4) is 0 Å². The van der Waals surface area contributed by atoms with E-state index < -0.39 is 17.8 Å². The maximum atomic E-state index is 13.2. The third-order valence-electron chi connectivity index (χ3n) is 5.50. The molecule has 1 aliphatic heterocycles. The van der Waals surface area contributed by atoms with Crippen molar-refractivity contribution in [2.75, 3.05) is 50.7 Å². The molecule has 2 N–H and O–H groups in total. The lowest BCUT2D eigenvalue weighted by Gasteiger charge is -2.22. The smallest absolute Gasteiger partial charge is 0.340 e. The minimum Gasteiger partial charge on any atom is -0.465 e. The number of H-pyrrole nitrogens is 1. The van der Waals surface area contributed by atoms with Gasteiger partial charge in [0.1, 0.15) is 12.3 Å². The number of anilines is 2. The van der Waals surface area contributed by atoms with Crippen LogP contribution in [0.4, 0.5) is 11.4 Å². The molecule has 1 aromatic heterocycles. The number of amides is 1. The quantitative estimate of drug-likeness (QED) is 0.477. The summed E-state index contributed by atoms with van der Waals surface area (Å²) in [7, 11) is 2.84. The van der Waals surface area contributed by atoms with E-state index in [1.807, 2.05) is 6.07 Å². The van der Waals surface area contributed by atoms with Gasteiger partial charge in [0, 0.05) is 25.9 Å². The van der Waals surface area contributed by atoms with Crippen molar-refractivity contribution in [1.29, 1.82) is 0 Å². The molecule has 0 atom stereocenters. The Hall–Kier alpha value is -3.33. The number of ether oxygens (including phenoxy) is 3. The molecule has 0 bridgehead atoms. The number of hydrogen-bond acceptors (Lipinski definition) is 7. The average molecular weight is 444 g/mol. The highest BCUT2D eigenvalue weighted by Gasteiger charge is 2.25. The highest BCUT2D eigenvalue weighted by Crippen LogP contribution is 2.31. The van der Waals surface area contributed by atoms with E-state index in [2.05, 4.69) is 15.2 Å². The van der Waals surface area contributed by atoms with Gasteiger partial charge in [-0.15, -0.1) is 0 Å². The normalized spacial score (nSPS) is 13.2. The van der Waals surface area contributed by atoms with Gasteiger partial charge in [0.25, 0.3) is 5.91 Å². The molecule has 9 nitrogen and oxygen atoms in total. The molecule has 1 fully saturated rings. The minimum atomic E-state index is -0.516. The van der Waals surface area contributed by atoms with E-state index in [-0.39, 0.29) is 18.9 Å². The summed E-state index contributed by atoms with van der Waals surface area (Å²) < 4.78 is 14.9. The molecule has 3 rings (SSSR count). The van der Waals surface area contributed by atoms with Crippen LogP contribution in [0.15, 0.2) is 18.2 Å². The van der Waals surface area contributed by atoms with Crippen LogP contribution in [-0.2, 0) is 14.2 Å². The molecule has 1 saturated heterocycles. The lowest BCUT2D eigenvalue weighted by atomic mass is 10.1. The van der Waals surface area contributed by atoms with Crippen LogP contribution >= 0.6 is 0 Å². The van der Waals surface area contributed by atoms with Gasteiger partial charge in [-0.2, -0.15) is 0 Å². The second kappa shape index (κ2) is 10.3. The summed E-state index contributed by atoms with van der Waals surface area (Å²) in [6.07, 6.45) is 2.13. The summed E-state index contributed by atoms with van der Waals surface area (Å²) in [5, 5.41) is 2.90. The Morgan fingerprint density at radius 1 is 1.06 bits per heavy atom. The first kappa shape index (κ1) is 23.3. The first-order valence-electron chi connectivity index (χ1n) is 10.5. The van der Waals surface area contributed by atoms with E-state index in [0.717, 1.165) is 31.6 Å². The number of benzene rings is 1. The Morgan fingerprint density at radius 3 is 2.44 bits per heavy atom. The van der Waals surface area contributed by atoms with Crippen molar-refractivity contribution >= 4 is 29.2 Å². The van der Waals surface area contributed by atoms with Gasteiger partial charge in [0.15, 0.2) is 0 Å². The van der Waals surface area contributed by atoms with Crippen LogP contribution < -0.4 is 10.2 Å². The monoisotopic (exact) mass is 443 g/mol. The van der Waals surface area contributed by atoms with Gasteiger partial charge in [-0.05, 0) is 50.5 Å². The van der Waals surface area contributed by atoms with Crippen molar-refractivity contribution in [3.05, 3.63) is 46.3 Å².